The van der Waals surface area contributed by atoms with Gasteiger partial charge in [-0.3, -0.25) is 9.59 Å². The van der Waals surface area contributed by atoms with Crippen molar-refractivity contribution < 1.29 is 23.9 Å². The molecule has 2 atom stereocenters. The molecule has 1 saturated heterocycles. The first-order valence-corrected chi connectivity index (χ1v) is 13.2. The summed E-state index contributed by atoms with van der Waals surface area (Å²) in [5.41, 5.74) is 0. The first kappa shape index (κ1) is 29.2. The average Bonchev–Trinajstić information content (AvgIpc) is 3.17. The van der Waals surface area contributed by atoms with Crippen molar-refractivity contribution in [2.24, 2.45) is 11.8 Å². The third kappa shape index (κ3) is 12.3. The van der Waals surface area contributed by atoms with Gasteiger partial charge in [0.25, 0.3) is 0 Å². The second-order valence-electron chi connectivity index (χ2n) is 9.62. The number of imide groups is 1. The summed E-state index contributed by atoms with van der Waals surface area (Å²) in [4.78, 5) is 37.7. The maximum Gasteiger partial charge on any atom is 0.416 e. The van der Waals surface area contributed by atoms with E-state index < -0.39 is 18.0 Å². The van der Waals surface area contributed by atoms with Crippen molar-refractivity contribution in [3.63, 3.8) is 0 Å². The lowest BCUT2D eigenvalue weighted by Crippen LogP contribution is -2.46. The van der Waals surface area contributed by atoms with Crippen molar-refractivity contribution in [2.75, 3.05) is 13.2 Å². The molecule has 0 bridgehead atoms. The molecule has 2 amide bonds. The highest BCUT2D eigenvalue weighted by Gasteiger charge is 2.42. The van der Waals surface area contributed by atoms with Gasteiger partial charge in [-0.25, -0.2) is 9.69 Å². The van der Waals surface area contributed by atoms with Gasteiger partial charge in [0.15, 0.2) is 0 Å². The van der Waals surface area contributed by atoms with Crippen molar-refractivity contribution in [2.45, 2.75) is 117 Å². The summed E-state index contributed by atoms with van der Waals surface area (Å²) >= 11 is 0. The van der Waals surface area contributed by atoms with Gasteiger partial charge in [-0.15, -0.1) is 0 Å². The van der Waals surface area contributed by atoms with Gasteiger partial charge < -0.3 is 9.47 Å². The Hall–Kier alpha value is -1.85. The van der Waals surface area contributed by atoms with Crippen LogP contribution in [0.5, 0.6) is 0 Å². The van der Waals surface area contributed by atoms with E-state index in [9.17, 15) is 14.4 Å². The third-order valence-electron chi connectivity index (χ3n) is 6.31. The van der Waals surface area contributed by atoms with Gasteiger partial charge in [-0.05, 0) is 38.0 Å². The zero-order valence-electron chi connectivity index (χ0n) is 21.5. The summed E-state index contributed by atoms with van der Waals surface area (Å²) in [5, 5.41) is 0. The highest BCUT2D eigenvalue weighted by atomic mass is 16.6. The Balaban J connectivity index is 2.30. The molecule has 1 aliphatic heterocycles. The summed E-state index contributed by atoms with van der Waals surface area (Å²) in [7, 11) is 0. The normalized spacial score (nSPS) is 17.1. The molecule has 6 nitrogen and oxygen atoms in total. The maximum absolute atomic E-state index is 13.1. The van der Waals surface area contributed by atoms with E-state index in [2.05, 4.69) is 19.1 Å². The Morgan fingerprint density at radius 1 is 1.00 bits per heavy atom. The number of hydrogen-bond donors (Lipinski definition) is 0. The van der Waals surface area contributed by atoms with Crippen LogP contribution in [0.15, 0.2) is 12.2 Å². The van der Waals surface area contributed by atoms with E-state index >= 15 is 0 Å². The van der Waals surface area contributed by atoms with Crippen LogP contribution < -0.4 is 0 Å². The van der Waals surface area contributed by atoms with Crippen molar-refractivity contribution in [3.05, 3.63) is 12.2 Å². The molecule has 0 saturated carbocycles. The minimum absolute atomic E-state index is 0.0178. The first-order valence-electron chi connectivity index (χ1n) is 13.2. The summed E-state index contributed by atoms with van der Waals surface area (Å²) in [6, 6.07) is -0.257. The van der Waals surface area contributed by atoms with E-state index in [0.29, 0.717) is 6.42 Å². The summed E-state index contributed by atoms with van der Waals surface area (Å²) in [6.45, 7) is 7.77. The molecule has 0 radical (unpaired) electrons. The standard InChI is InChI=1S/C27H47NO5/c1-5-6-7-8-9-10-11-12-13-14-15-16-17-18-19-24(20-32-23(4)29)26(30)28-25(22(2)3)21-33-27(28)31/h12-13,22,24-25H,5-11,14-21H2,1-4H3/b13-12-/t24-,25-/m1/s1. The molecule has 0 unspecified atom stereocenters. The highest BCUT2D eigenvalue weighted by molar-refractivity contribution is 5.95. The van der Waals surface area contributed by atoms with Crippen molar-refractivity contribution in [1.29, 1.82) is 0 Å². The second kappa shape index (κ2) is 17.6. The second-order valence-corrected chi connectivity index (χ2v) is 9.62. The molecule has 6 heteroatoms. The molecule has 0 aromatic carbocycles. The molecular formula is C27H47NO5. The lowest BCUT2D eigenvalue weighted by Gasteiger charge is -2.26. The van der Waals surface area contributed by atoms with E-state index in [1.807, 2.05) is 13.8 Å². The van der Waals surface area contributed by atoms with Crippen LogP contribution in [0.4, 0.5) is 4.79 Å². The maximum atomic E-state index is 13.1. The summed E-state index contributed by atoms with van der Waals surface area (Å²) in [6.07, 6.45) is 19.1. The van der Waals surface area contributed by atoms with E-state index in [1.165, 1.54) is 56.8 Å². The minimum Gasteiger partial charge on any atom is -0.465 e. The Bertz CT molecular complexity index is 601. The molecule has 0 aromatic rings. The van der Waals surface area contributed by atoms with Crippen LogP contribution in [0.3, 0.4) is 0 Å². The number of rotatable bonds is 18. The van der Waals surface area contributed by atoms with E-state index in [-0.39, 0.29) is 31.1 Å². The number of esters is 1. The number of carbonyl (C=O) groups excluding carboxylic acids is 3. The predicted molar refractivity (Wildman–Crippen MR) is 132 cm³/mol. The van der Waals surface area contributed by atoms with Crippen molar-refractivity contribution in [3.8, 4) is 0 Å². The van der Waals surface area contributed by atoms with Gasteiger partial charge in [0.2, 0.25) is 5.91 Å². The Morgan fingerprint density at radius 3 is 2.15 bits per heavy atom. The number of carbonyl (C=O) groups is 3. The monoisotopic (exact) mass is 465 g/mol. The smallest absolute Gasteiger partial charge is 0.416 e. The van der Waals surface area contributed by atoms with Crippen LogP contribution in [-0.4, -0.2) is 42.1 Å². The molecule has 1 heterocycles. The Morgan fingerprint density at radius 2 is 1.58 bits per heavy atom. The molecule has 1 aliphatic rings. The molecule has 33 heavy (non-hydrogen) atoms. The Labute approximate surface area is 201 Å². The summed E-state index contributed by atoms with van der Waals surface area (Å²) in [5.74, 6) is -1.08. The number of hydrogen-bond acceptors (Lipinski definition) is 5. The van der Waals surface area contributed by atoms with Crippen LogP contribution >= 0.6 is 0 Å². The zero-order chi connectivity index (χ0) is 24.5. The number of allylic oxidation sites excluding steroid dienone is 2. The summed E-state index contributed by atoms with van der Waals surface area (Å²) < 4.78 is 10.3. The van der Waals surface area contributed by atoms with Crippen molar-refractivity contribution >= 4 is 18.0 Å². The van der Waals surface area contributed by atoms with Gasteiger partial charge >= 0.3 is 12.1 Å². The molecule has 1 fully saturated rings. The molecule has 0 N–H and O–H groups in total. The quantitative estimate of drug-likeness (QED) is 0.126. The van der Waals surface area contributed by atoms with Gasteiger partial charge in [-0.2, -0.15) is 0 Å². The fourth-order valence-electron chi connectivity index (χ4n) is 4.16. The zero-order valence-corrected chi connectivity index (χ0v) is 21.5. The number of amides is 2. The molecule has 1 rings (SSSR count). The molecule has 0 aromatic heterocycles. The van der Waals surface area contributed by atoms with Crippen LogP contribution in [0.2, 0.25) is 0 Å². The van der Waals surface area contributed by atoms with E-state index in [1.54, 1.807) is 0 Å². The van der Waals surface area contributed by atoms with Crippen LogP contribution in [0.25, 0.3) is 0 Å². The topological polar surface area (TPSA) is 72.9 Å². The number of ether oxygens (including phenoxy) is 2. The van der Waals surface area contributed by atoms with E-state index in [0.717, 1.165) is 32.1 Å². The molecule has 190 valence electrons. The molecule has 0 aliphatic carbocycles. The average molecular weight is 466 g/mol. The van der Waals surface area contributed by atoms with Gasteiger partial charge in [0, 0.05) is 6.92 Å². The molecule has 0 spiro atoms. The van der Waals surface area contributed by atoms with Gasteiger partial charge in [0.1, 0.15) is 13.2 Å². The first-order chi connectivity index (χ1) is 15.9. The van der Waals surface area contributed by atoms with Crippen LogP contribution in [-0.2, 0) is 19.1 Å². The lowest BCUT2D eigenvalue weighted by molar-refractivity contribution is -0.146. The number of unbranched alkanes of at least 4 members (excludes halogenated alkanes) is 10. The number of cyclic esters (lactones) is 1. The lowest BCUT2D eigenvalue weighted by atomic mass is 9.97. The van der Waals surface area contributed by atoms with Gasteiger partial charge in [0.05, 0.1) is 12.0 Å². The fraction of sp³-hybridized carbons (Fsp3) is 0.815. The molecular weight excluding hydrogens is 418 g/mol. The van der Waals surface area contributed by atoms with Crippen LogP contribution in [0, 0.1) is 11.8 Å². The fourth-order valence-corrected chi connectivity index (χ4v) is 4.16. The van der Waals surface area contributed by atoms with Crippen molar-refractivity contribution in [1.82, 2.24) is 4.90 Å². The third-order valence-corrected chi connectivity index (χ3v) is 6.31. The SMILES string of the molecule is CCCCCCCC/C=C\CCCCCC[C@H](COC(C)=O)C(=O)N1C(=O)OC[C@@H]1C(C)C. The number of nitrogens with zero attached hydrogens (tertiary/aromatic N) is 1. The largest absolute Gasteiger partial charge is 0.465 e. The van der Waals surface area contributed by atoms with E-state index in [4.69, 9.17) is 9.47 Å². The predicted octanol–water partition coefficient (Wildman–Crippen LogP) is 6.82. The van der Waals surface area contributed by atoms with Gasteiger partial charge in [-0.1, -0.05) is 84.3 Å². The van der Waals surface area contributed by atoms with Crippen LogP contribution in [0.1, 0.15) is 111 Å². The highest BCUT2D eigenvalue weighted by Crippen LogP contribution is 2.24. The minimum atomic E-state index is -0.584. The Kier molecular flexibility index (Phi) is 15.6.